The molecule has 0 spiro atoms. The minimum Gasteiger partial charge on any atom is -0.490 e. The van der Waals surface area contributed by atoms with Crippen molar-refractivity contribution >= 4 is 17.6 Å². The average molecular weight is 343 g/mol. The van der Waals surface area contributed by atoms with Crippen molar-refractivity contribution in [3.8, 4) is 11.5 Å². The SMILES string of the molecule is CCCOc1ccccc1OC(=O)C1CC(=O)Nc2cc(F)ccc21. The van der Waals surface area contributed by atoms with Gasteiger partial charge in [0.15, 0.2) is 11.5 Å². The van der Waals surface area contributed by atoms with E-state index in [9.17, 15) is 14.0 Å². The molecule has 0 aliphatic carbocycles. The standard InChI is InChI=1S/C19H18FNO4/c1-2-9-24-16-5-3-4-6-17(16)25-19(23)14-11-18(22)21-15-10-12(20)7-8-13(14)15/h3-8,10,14H,2,9,11H2,1H3,(H,21,22). The third-order valence-corrected chi connectivity index (χ3v) is 3.86. The summed E-state index contributed by atoms with van der Waals surface area (Å²) < 4.78 is 24.4. The molecule has 1 aliphatic heterocycles. The Labute approximate surface area is 144 Å². The number of rotatable bonds is 5. The van der Waals surface area contributed by atoms with Crippen LogP contribution in [0, 0.1) is 5.82 Å². The fourth-order valence-electron chi connectivity index (χ4n) is 2.69. The number of benzene rings is 2. The number of carbonyl (C=O) groups is 2. The van der Waals surface area contributed by atoms with Crippen LogP contribution in [0.15, 0.2) is 42.5 Å². The van der Waals surface area contributed by atoms with Crippen LogP contribution < -0.4 is 14.8 Å². The van der Waals surface area contributed by atoms with Crippen molar-refractivity contribution in [2.24, 2.45) is 0 Å². The maximum Gasteiger partial charge on any atom is 0.319 e. The lowest BCUT2D eigenvalue weighted by Crippen LogP contribution is -2.30. The number of ether oxygens (including phenoxy) is 2. The number of para-hydroxylation sites is 2. The first-order valence-corrected chi connectivity index (χ1v) is 8.11. The van der Waals surface area contributed by atoms with Crippen molar-refractivity contribution in [1.29, 1.82) is 0 Å². The van der Waals surface area contributed by atoms with Crippen molar-refractivity contribution in [3.05, 3.63) is 53.8 Å². The van der Waals surface area contributed by atoms with E-state index in [2.05, 4.69) is 5.32 Å². The number of carbonyl (C=O) groups excluding carboxylic acids is 2. The molecule has 3 rings (SSSR count). The second-order valence-electron chi connectivity index (χ2n) is 5.75. The average Bonchev–Trinajstić information content (AvgIpc) is 2.59. The summed E-state index contributed by atoms with van der Waals surface area (Å²) >= 11 is 0. The Morgan fingerprint density at radius 1 is 1.24 bits per heavy atom. The number of anilines is 1. The van der Waals surface area contributed by atoms with Crippen molar-refractivity contribution in [3.63, 3.8) is 0 Å². The molecule has 0 aromatic heterocycles. The Morgan fingerprint density at radius 2 is 2.00 bits per heavy atom. The largest absolute Gasteiger partial charge is 0.490 e. The van der Waals surface area contributed by atoms with Gasteiger partial charge in [0.2, 0.25) is 5.91 Å². The van der Waals surface area contributed by atoms with Crippen molar-refractivity contribution in [2.75, 3.05) is 11.9 Å². The number of halogens is 1. The molecule has 0 fully saturated rings. The molecule has 2 aromatic rings. The van der Waals surface area contributed by atoms with E-state index >= 15 is 0 Å². The number of hydrogen-bond donors (Lipinski definition) is 1. The maximum atomic E-state index is 13.4. The molecular formula is C19H18FNO4. The highest BCUT2D eigenvalue weighted by molar-refractivity contribution is 6.00. The van der Waals surface area contributed by atoms with Crippen LogP contribution in [0.25, 0.3) is 0 Å². The molecule has 1 atom stereocenters. The normalized spacial score (nSPS) is 15.9. The zero-order chi connectivity index (χ0) is 17.8. The molecule has 1 aliphatic rings. The number of amides is 1. The van der Waals surface area contributed by atoms with Crippen LogP contribution in [-0.2, 0) is 9.59 Å². The second-order valence-corrected chi connectivity index (χ2v) is 5.75. The van der Waals surface area contributed by atoms with Gasteiger partial charge in [-0.2, -0.15) is 0 Å². The molecule has 1 unspecified atom stereocenters. The summed E-state index contributed by atoms with van der Waals surface area (Å²) in [4.78, 5) is 24.5. The van der Waals surface area contributed by atoms with Crippen LogP contribution in [0.4, 0.5) is 10.1 Å². The Kier molecular flexibility index (Phi) is 4.97. The number of hydrogen-bond acceptors (Lipinski definition) is 4. The van der Waals surface area contributed by atoms with Gasteiger partial charge in [0, 0.05) is 12.1 Å². The third kappa shape index (κ3) is 3.79. The van der Waals surface area contributed by atoms with E-state index in [0.29, 0.717) is 29.4 Å². The molecule has 1 amide bonds. The van der Waals surface area contributed by atoms with E-state index in [0.717, 1.165) is 6.42 Å². The van der Waals surface area contributed by atoms with Gasteiger partial charge in [-0.05, 0) is 36.2 Å². The summed E-state index contributed by atoms with van der Waals surface area (Å²) in [6, 6.07) is 10.8. The first-order valence-electron chi connectivity index (χ1n) is 8.11. The molecule has 25 heavy (non-hydrogen) atoms. The minimum atomic E-state index is -0.788. The van der Waals surface area contributed by atoms with Gasteiger partial charge in [-0.3, -0.25) is 9.59 Å². The van der Waals surface area contributed by atoms with Gasteiger partial charge < -0.3 is 14.8 Å². The lowest BCUT2D eigenvalue weighted by atomic mass is 9.90. The zero-order valence-corrected chi connectivity index (χ0v) is 13.8. The molecule has 2 aromatic carbocycles. The molecule has 130 valence electrons. The Balaban J connectivity index is 1.84. The van der Waals surface area contributed by atoms with Gasteiger partial charge in [0.25, 0.3) is 0 Å². The van der Waals surface area contributed by atoms with Crippen LogP contribution in [0.3, 0.4) is 0 Å². The summed E-state index contributed by atoms with van der Waals surface area (Å²) in [5.74, 6) is -1.42. The van der Waals surface area contributed by atoms with Gasteiger partial charge in [-0.1, -0.05) is 25.1 Å². The fourth-order valence-corrected chi connectivity index (χ4v) is 2.69. The van der Waals surface area contributed by atoms with Crippen LogP contribution in [0.2, 0.25) is 0 Å². The minimum absolute atomic E-state index is 0.0462. The number of fused-ring (bicyclic) bond motifs is 1. The Hall–Kier alpha value is -2.89. The van der Waals surface area contributed by atoms with Crippen LogP contribution in [0.5, 0.6) is 11.5 Å². The van der Waals surface area contributed by atoms with E-state index in [-0.39, 0.29) is 12.3 Å². The van der Waals surface area contributed by atoms with Gasteiger partial charge in [0.1, 0.15) is 5.82 Å². The van der Waals surface area contributed by atoms with Gasteiger partial charge in [0.05, 0.1) is 12.5 Å². The number of nitrogens with one attached hydrogen (secondary N) is 1. The predicted molar refractivity (Wildman–Crippen MR) is 90.3 cm³/mol. The molecule has 5 nitrogen and oxygen atoms in total. The zero-order valence-electron chi connectivity index (χ0n) is 13.8. The second kappa shape index (κ2) is 7.34. The quantitative estimate of drug-likeness (QED) is 0.665. The third-order valence-electron chi connectivity index (χ3n) is 3.86. The first kappa shape index (κ1) is 17.0. The molecular weight excluding hydrogens is 325 g/mol. The van der Waals surface area contributed by atoms with Crippen molar-refractivity contribution in [2.45, 2.75) is 25.7 Å². The van der Waals surface area contributed by atoms with E-state index in [1.807, 2.05) is 6.92 Å². The molecule has 0 saturated heterocycles. The molecule has 1 heterocycles. The fraction of sp³-hybridized carbons (Fsp3) is 0.263. The van der Waals surface area contributed by atoms with Crippen LogP contribution >= 0.6 is 0 Å². The highest BCUT2D eigenvalue weighted by Gasteiger charge is 2.32. The summed E-state index contributed by atoms with van der Waals surface area (Å²) in [5, 5.41) is 2.58. The summed E-state index contributed by atoms with van der Waals surface area (Å²) in [5.41, 5.74) is 0.840. The smallest absolute Gasteiger partial charge is 0.319 e. The van der Waals surface area contributed by atoms with Gasteiger partial charge in [-0.25, -0.2) is 4.39 Å². The maximum absolute atomic E-state index is 13.4. The lowest BCUT2D eigenvalue weighted by Gasteiger charge is -2.24. The van der Waals surface area contributed by atoms with Crippen LogP contribution in [-0.4, -0.2) is 18.5 Å². The summed E-state index contributed by atoms with van der Waals surface area (Å²) in [6.45, 7) is 2.48. The predicted octanol–water partition coefficient (Wildman–Crippen LogP) is 3.65. The molecule has 1 N–H and O–H groups in total. The van der Waals surface area contributed by atoms with Crippen molar-refractivity contribution in [1.82, 2.24) is 0 Å². The Morgan fingerprint density at radius 3 is 2.76 bits per heavy atom. The van der Waals surface area contributed by atoms with E-state index in [1.165, 1.54) is 18.2 Å². The summed E-state index contributed by atoms with van der Waals surface area (Å²) in [6.07, 6.45) is 0.777. The summed E-state index contributed by atoms with van der Waals surface area (Å²) in [7, 11) is 0. The molecule has 6 heteroatoms. The molecule has 0 saturated carbocycles. The molecule has 0 bridgehead atoms. The lowest BCUT2D eigenvalue weighted by molar-refractivity contribution is -0.138. The van der Waals surface area contributed by atoms with E-state index in [1.54, 1.807) is 24.3 Å². The number of esters is 1. The van der Waals surface area contributed by atoms with Gasteiger partial charge >= 0.3 is 5.97 Å². The highest BCUT2D eigenvalue weighted by atomic mass is 19.1. The molecule has 0 radical (unpaired) electrons. The first-order chi connectivity index (χ1) is 12.1. The topological polar surface area (TPSA) is 64.6 Å². The van der Waals surface area contributed by atoms with Gasteiger partial charge in [-0.15, -0.1) is 0 Å². The highest BCUT2D eigenvalue weighted by Crippen LogP contribution is 2.35. The monoisotopic (exact) mass is 343 g/mol. The van der Waals surface area contributed by atoms with Crippen molar-refractivity contribution < 1.29 is 23.5 Å². The Bertz CT molecular complexity index is 806. The van der Waals surface area contributed by atoms with E-state index in [4.69, 9.17) is 9.47 Å². The van der Waals surface area contributed by atoms with Crippen LogP contribution in [0.1, 0.15) is 31.2 Å². The van der Waals surface area contributed by atoms with E-state index < -0.39 is 17.7 Å².